The van der Waals surface area contributed by atoms with E-state index in [2.05, 4.69) is 193 Å². The summed E-state index contributed by atoms with van der Waals surface area (Å²) in [7, 11) is 0. The minimum Gasteiger partial charge on any atom is -0.455 e. The zero-order valence-electron chi connectivity index (χ0n) is 29.8. The summed E-state index contributed by atoms with van der Waals surface area (Å²) >= 11 is 0. The van der Waals surface area contributed by atoms with Crippen LogP contribution in [0.1, 0.15) is 0 Å². The number of nitrogens with zero attached hydrogens (tertiary/aromatic N) is 1. The largest absolute Gasteiger partial charge is 0.455 e. The van der Waals surface area contributed by atoms with E-state index >= 15 is 0 Å². The standard InChI is InChI=1S/C52H33NO2/c1-2-12-34(13-3-1)35-24-29-38(30-25-35)53(39-31-26-37(27-32-39)41-19-10-20-46-43-17-8-9-23-48(43)54-51(41)46)47-22-11-21-45-42-16-6-7-18-44(42)50-40-15-5-4-14-36(40)28-33-49(50)55-52(45)47/h1-33H. The summed E-state index contributed by atoms with van der Waals surface area (Å²) in [4.78, 5) is 2.31. The van der Waals surface area contributed by atoms with Crippen LogP contribution in [0, 0.1) is 0 Å². The van der Waals surface area contributed by atoms with Gasteiger partial charge in [0.05, 0.1) is 5.69 Å². The second kappa shape index (κ2) is 12.6. The normalized spacial score (nSPS) is 11.8. The maximum absolute atomic E-state index is 7.16. The Bertz CT molecular complexity index is 3050. The van der Waals surface area contributed by atoms with Crippen molar-refractivity contribution in [2.45, 2.75) is 0 Å². The lowest BCUT2D eigenvalue weighted by Crippen LogP contribution is -2.11. The molecule has 0 saturated carbocycles. The highest BCUT2D eigenvalue weighted by atomic mass is 16.5. The van der Waals surface area contributed by atoms with Crippen molar-refractivity contribution >= 4 is 49.8 Å². The molecule has 0 spiro atoms. The maximum atomic E-state index is 7.16. The lowest BCUT2D eigenvalue weighted by atomic mass is 9.91. The Morgan fingerprint density at radius 1 is 0.364 bits per heavy atom. The molecule has 0 aliphatic carbocycles. The highest BCUT2D eigenvalue weighted by Gasteiger charge is 2.27. The molecule has 0 unspecified atom stereocenters. The number of benzene rings is 9. The Hall–Kier alpha value is -7.36. The number of fused-ring (bicyclic) bond motifs is 10. The fourth-order valence-electron chi connectivity index (χ4n) is 8.31. The molecule has 1 aromatic heterocycles. The summed E-state index contributed by atoms with van der Waals surface area (Å²) in [5, 5.41) is 4.60. The molecule has 3 heteroatoms. The first-order valence-electron chi connectivity index (χ1n) is 18.7. The van der Waals surface area contributed by atoms with Gasteiger partial charge in [0.1, 0.15) is 16.9 Å². The molecule has 0 atom stereocenters. The first-order valence-corrected chi connectivity index (χ1v) is 18.7. The predicted octanol–water partition coefficient (Wildman–Crippen LogP) is 15.0. The molecule has 1 aliphatic heterocycles. The van der Waals surface area contributed by atoms with Gasteiger partial charge in [-0.2, -0.15) is 0 Å². The van der Waals surface area contributed by atoms with Crippen LogP contribution in [0.3, 0.4) is 0 Å². The van der Waals surface area contributed by atoms with E-state index in [1.165, 1.54) is 16.3 Å². The SMILES string of the molecule is c1ccc(-c2ccc(N(c3ccc(-c4cccc5c4oc4ccccc45)cc3)c3cccc4c3Oc3ccc5ccccc5c3-c3ccccc3-4)cc2)cc1. The van der Waals surface area contributed by atoms with Crippen LogP contribution in [0.4, 0.5) is 17.1 Å². The van der Waals surface area contributed by atoms with E-state index in [1.807, 2.05) is 12.1 Å². The number of hydrogen-bond donors (Lipinski definition) is 0. The Morgan fingerprint density at radius 3 is 1.78 bits per heavy atom. The van der Waals surface area contributed by atoms with Crippen LogP contribution in [-0.4, -0.2) is 0 Å². The van der Waals surface area contributed by atoms with Gasteiger partial charge in [-0.1, -0.05) is 158 Å². The highest BCUT2D eigenvalue weighted by molar-refractivity contribution is 6.10. The van der Waals surface area contributed by atoms with E-state index < -0.39 is 0 Å². The molecule has 0 fully saturated rings. The van der Waals surface area contributed by atoms with Gasteiger partial charge in [-0.25, -0.2) is 0 Å². The number of hydrogen-bond acceptors (Lipinski definition) is 3. The van der Waals surface area contributed by atoms with Crippen LogP contribution in [-0.2, 0) is 0 Å². The summed E-state index contributed by atoms with van der Waals surface area (Å²) in [5.41, 5.74) is 13.8. The van der Waals surface area contributed by atoms with Crippen LogP contribution >= 0.6 is 0 Å². The molecule has 55 heavy (non-hydrogen) atoms. The fraction of sp³-hybridized carbons (Fsp3) is 0. The second-order valence-electron chi connectivity index (χ2n) is 14.0. The Balaban J connectivity index is 1.10. The molecule has 258 valence electrons. The lowest BCUT2D eigenvalue weighted by molar-refractivity contribution is 0.489. The van der Waals surface area contributed by atoms with Gasteiger partial charge in [0.25, 0.3) is 0 Å². The molecule has 2 heterocycles. The Labute approximate surface area is 318 Å². The van der Waals surface area contributed by atoms with Crippen LogP contribution in [0.15, 0.2) is 205 Å². The molecule has 0 radical (unpaired) electrons. The first kappa shape index (κ1) is 31.2. The molecular formula is C52H33NO2. The lowest BCUT2D eigenvalue weighted by Gasteiger charge is -2.28. The minimum absolute atomic E-state index is 0.812. The van der Waals surface area contributed by atoms with Gasteiger partial charge in [-0.15, -0.1) is 0 Å². The predicted molar refractivity (Wildman–Crippen MR) is 228 cm³/mol. The van der Waals surface area contributed by atoms with Crippen molar-refractivity contribution in [3.63, 3.8) is 0 Å². The summed E-state index contributed by atoms with van der Waals surface area (Å²) in [6.45, 7) is 0. The van der Waals surface area contributed by atoms with Crippen LogP contribution in [0.25, 0.3) is 77.2 Å². The topological polar surface area (TPSA) is 25.6 Å². The summed E-state index contributed by atoms with van der Waals surface area (Å²) < 4.78 is 13.6. The third-order valence-electron chi connectivity index (χ3n) is 10.9. The average Bonchev–Trinajstić information content (AvgIpc) is 3.57. The molecule has 0 saturated heterocycles. The second-order valence-corrected chi connectivity index (χ2v) is 14.0. The van der Waals surface area contributed by atoms with Gasteiger partial charge in [0.15, 0.2) is 5.75 Å². The smallest absolute Gasteiger partial charge is 0.159 e. The quantitative estimate of drug-likeness (QED) is 0.178. The van der Waals surface area contributed by atoms with Crippen molar-refractivity contribution in [2.75, 3.05) is 4.90 Å². The van der Waals surface area contributed by atoms with E-state index in [1.54, 1.807) is 0 Å². The zero-order valence-corrected chi connectivity index (χ0v) is 29.8. The van der Waals surface area contributed by atoms with E-state index in [0.29, 0.717) is 0 Å². The van der Waals surface area contributed by atoms with Crippen LogP contribution < -0.4 is 9.64 Å². The molecule has 11 rings (SSSR count). The van der Waals surface area contributed by atoms with Crippen molar-refractivity contribution in [1.29, 1.82) is 0 Å². The molecule has 3 nitrogen and oxygen atoms in total. The number of ether oxygens (including phenoxy) is 1. The molecular weight excluding hydrogens is 671 g/mol. The van der Waals surface area contributed by atoms with E-state index in [4.69, 9.17) is 9.15 Å². The monoisotopic (exact) mass is 703 g/mol. The van der Waals surface area contributed by atoms with Crippen LogP contribution in [0.5, 0.6) is 11.5 Å². The molecule has 10 aromatic rings. The average molecular weight is 704 g/mol. The van der Waals surface area contributed by atoms with Gasteiger partial charge in [0, 0.05) is 38.8 Å². The molecule has 0 amide bonds. The summed E-state index contributed by atoms with van der Waals surface area (Å²) in [6.07, 6.45) is 0. The van der Waals surface area contributed by atoms with E-state index in [9.17, 15) is 0 Å². The number of para-hydroxylation sites is 3. The van der Waals surface area contributed by atoms with Crippen molar-refractivity contribution in [3.8, 4) is 56.0 Å². The van der Waals surface area contributed by atoms with Gasteiger partial charge in [-0.05, 0) is 81.1 Å². The van der Waals surface area contributed by atoms with E-state index in [-0.39, 0.29) is 0 Å². The Morgan fingerprint density at radius 2 is 0.964 bits per heavy atom. The van der Waals surface area contributed by atoms with Crippen molar-refractivity contribution < 1.29 is 9.15 Å². The van der Waals surface area contributed by atoms with Crippen LogP contribution in [0.2, 0.25) is 0 Å². The first-order chi connectivity index (χ1) is 27.3. The van der Waals surface area contributed by atoms with Crippen molar-refractivity contribution in [1.82, 2.24) is 0 Å². The van der Waals surface area contributed by atoms with Gasteiger partial charge in [0.2, 0.25) is 0 Å². The third kappa shape index (κ3) is 5.13. The number of furan rings is 1. The zero-order chi connectivity index (χ0) is 36.3. The van der Waals surface area contributed by atoms with Gasteiger partial charge in [-0.3, -0.25) is 0 Å². The minimum atomic E-state index is 0.812. The third-order valence-corrected chi connectivity index (χ3v) is 10.9. The molecule has 1 aliphatic rings. The van der Waals surface area contributed by atoms with Gasteiger partial charge >= 0.3 is 0 Å². The van der Waals surface area contributed by atoms with Crippen molar-refractivity contribution in [3.05, 3.63) is 200 Å². The van der Waals surface area contributed by atoms with Crippen molar-refractivity contribution in [2.24, 2.45) is 0 Å². The highest BCUT2D eigenvalue weighted by Crippen LogP contribution is 2.54. The number of anilines is 3. The summed E-state index contributed by atoms with van der Waals surface area (Å²) in [6, 6.07) is 70.8. The molecule has 0 bridgehead atoms. The number of rotatable bonds is 5. The molecule has 0 N–H and O–H groups in total. The van der Waals surface area contributed by atoms with E-state index in [0.717, 1.165) is 89.4 Å². The van der Waals surface area contributed by atoms with Gasteiger partial charge < -0.3 is 14.1 Å². The fourth-order valence-corrected chi connectivity index (χ4v) is 8.31. The summed E-state index contributed by atoms with van der Waals surface area (Å²) in [5.74, 6) is 1.65. The Kier molecular flexibility index (Phi) is 7.17. The maximum Gasteiger partial charge on any atom is 0.159 e. The molecule has 9 aromatic carbocycles.